The number of methoxy groups -OCH3 is 6. The Bertz CT molecular complexity index is 5630. The van der Waals surface area contributed by atoms with Crippen molar-refractivity contribution in [3.8, 4) is 51.0 Å². The number of unbranched alkanes of at least 4 members (excludes halogenated alkanes) is 6. The minimum atomic E-state index is -1.31. The lowest BCUT2D eigenvalue weighted by atomic mass is 10.0. The maximum Gasteiger partial charge on any atom is 0.407 e. The van der Waals surface area contributed by atoms with Crippen LogP contribution in [0.1, 0.15) is 171 Å². The molecule has 12 aromatic rings. The van der Waals surface area contributed by atoms with Crippen LogP contribution in [-0.2, 0) is 67.7 Å². The fourth-order valence-electron chi connectivity index (χ4n) is 15.3. The number of nitrogens with zero attached hydrogens (tertiary/aromatic N) is 11. The van der Waals surface area contributed by atoms with E-state index in [0.717, 1.165) is 165 Å². The molecule has 0 bridgehead atoms. The predicted molar refractivity (Wildman–Crippen MR) is 499 cm³/mol. The Labute approximate surface area is 770 Å². The van der Waals surface area contributed by atoms with Gasteiger partial charge in [0.05, 0.1) is 158 Å². The van der Waals surface area contributed by atoms with Gasteiger partial charge in [0.1, 0.15) is 67.0 Å². The van der Waals surface area contributed by atoms with Crippen molar-refractivity contribution in [3.05, 3.63) is 181 Å². The number of fused-ring (bicyclic) bond motifs is 3. The summed E-state index contributed by atoms with van der Waals surface area (Å²) in [6.07, 6.45) is 24.8. The molecule has 2 aliphatic heterocycles. The van der Waals surface area contributed by atoms with Crippen LogP contribution in [0, 0.1) is 20.8 Å². The number of alkyl carbamates (subject to hydrolysis) is 2. The van der Waals surface area contributed by atoms with Gasteiger partial charge in [0.15, 0.2) is 0 Å². The third-order valence-electron chi connectivity index (χ3n) is 22.3. The van der Waals surface area contributed by atoms with Gasteiger partial charge < -0.3 is 101 Å². The van der Waals surface area contributed by atoms with E-state index in [-0.39, 0.29) is 30.5 Å². The number of nitrogens with one attached hydrogen (secondary N) is 3. The van der Waals surface area contributed by atoms with E-state index < -0.39 is 51.4 Å². The zero-order valence-corrected chi connectivity index (χ0v) is 80.4. The number of carbonyl (C=O) groups is 4. The van der Waals surface area contributed by atoms with E-state index >= 15 is 0 Å². The number of Topliss-reactive ketones (excluding diaryl/α,β-unsaturated/α-hetero) is 1. The van der Waals surface area contributed by atoms with E-state index in [0.29, 0.717) is 120 Å². The maximum atomic E-state index is 12.6. The summed E-state index contributed by atoms with van der Waals surface area (Å²) in [6, 6.07) is 25.2. The zero-order chi connectivity index (χ0) is 93.7. The molecule has 14 rings (SSSR count). The Balaban J connectivity index is 0.000000186. The fourth-order valence-corrected chi connectivity index (χ4v) is 16.8. The van der Waals surface area contributed by atoms with Gasteiger partial charge in [-0.3, -0.25) is 19.7 Å². The first-order valence-electron chi connectivity index (χ1n) is 44.2. The molecule has 34 nitrogen and oxygen atoms in total. The molecule has 131 heavy (non-hydrogen) atoms. The number of amides is 2. The van der Waals surface area contributed by atoms with E-state index in [2.05, 4.69) is 135 Å². The van der Waals surface area contributed by atoms with Crippen LogP contribution in [0.4, 0.5) is 14.4 Å². The molecule has 5 N–H and O–H groups in total. The molecule has 37 heteroatoms. The number of aromatic amines is 1. The first-order chi connectivity index (χ1) is 63.1. The number of nitrogens with two attached hydrogens (primary N) is 1. The number of ether oxygens (including phenoxy) is 12. The van der Waals surface area contributed by atoms with Gasteiger partial charge in [-0.05, 0) is 108 Å². The number of hydrogen-bond donors (Lipinski definition) is 4. The number of oxazole rings is 3. The van der Waals surface area contributed by atoms with Crippen molar-refractivity contribution in [3.63, 3.8) is 0 Å². The summed E-state index contributed by atoms with van der Waals surface area (Å²) in [6.45, 7) is 24.0. The molecule has 0 unspecified atom stereocenters. The van der Waals surface area contributed by atoms with Gasteiger partial charge in [-0.25, -0.2) is 44.3 Å². The number of benzene rings is 3. The van der Waals surface area contributed by atoms with E-state index in [1.165, 1.54) is 40.1 Å². The maximum absolute atomic E-state index is 12.6. The highest BCUT2D eigenvalue weighted by atomic mass is 35.5. The topological polar surface area (TPSA) is 410 Å². The molecule has 0 spiro atoms. The number of hydrogen-bond acceptors (Lipinski definition) is 29. The monoisotopic (exact) mass is 1860 g/mol. The first kappa shape index (κ1) is 100. The lowest BCUT2D eigenvalue weighted by Crippen LogP contribution is -2.31. The number of ketones is 1. The van der Waals surface area contributed by atoms with Crippen LogP contribution in [-0.4, -0.2) is 181 Å². The highest BCUT2D eigenvalue weighted by Crippen LogP contribution is 2.42. The minimum absolute atomic E-state index is 0.116. The molecule has 11 heterocycles. The summed E-state index contributed by atoms with van der Waals surface area (Å²) < 4.78 is 87.5. The number of rotatable bonds is 42. The lowest BCUT2D eigenvalue weighted by Gasteiger charge is -2.24. The van der Waals surface area contributed by atoms with E-state index in [4.69, 9.17) is 81.1 Å². The Morgan fingerprint density at radius 2 is 0.916 bits per heavy atom. The second kappa shape index (κ2) is 48.2. The Morgan fingerprint density at radius 1 is 0.496 bits per heavy atom. The molecule has 2 fully saturated rings. The van der Waals surface area contributed by atoms with E-state index in [1.807, 2.05) is 86.3 Å². The number of carbonyl (C=O) groups excluding carboxylic acids is 4. The first-order valence-corrected chi connectivity index (χ1v) is 52.0. The summed E-state index contributed by atoms with van der Waals surface area (Å²) in [5, 5.41) is 8.88. The van der Waals surface area contributed by atoms with Gasteiger partial charge >= 0.3 is 17.6 Å². The Kier molecular flexibility index (Phi) is 36.9. The summed E-state index contributed by atoms with van der Waals surface area (Å²) in [4.78, 5) is 89.9. The molecule has 3 aromatic carbocycles. The number of pyridine rings is 3. The van der Waals surface area contributed by atoms with Gasteiger partial charge in [-0.2, -0.15) is 0 Å². The fraction of sp³-hybridized carbons (Fsp3) is 0.479. The number of aromatic nitrogens is 12. The SMILES string of the molecule is COC(=O)Cl.COC(=O)N[C@@H](CCCCCC(=O)c1ncco1)c1ncc(-c2cc3ccc(C)nc3cc2OC)[nH]1.COC(=O)N[C@@H](CCCCCC1(c2ncco2)OCCO1)c1ncc(-c2cc3ccc(C)nc3cc2OC)n1COCC[Si](C)(C)C.COc1cc2nc(C)ccc2cc1-c1cnc([C@@H](N)CCCCCC2(c3ncco3)OCCO2)n1COCC[Si](C)(C)C. The number of imidazole rings is 3. The van der Waals surface area contributed by atoms with Crippen molar-refractivity contribution in [2.24, 2.45) is 5.73 Å². The molecule has 2 amide bonds. The molecule has 0 aliphatic carbocycles. The van der Waals surface area contributed by atoms with Crippen molar-refractivity contribution in [1.29, 1.82) is 0 Å². The molecule has 0 radical (unpaired) electrons. The van der Waals surface area contributed by atoms with Crippen LogP contribution < -0.4 is 30.6 Å². The quantitative estimate of drug-likeness (QED) is 0.00907. The van der Waals surface area contributed by atoms with Crippen molar-refractivity contribution in [2.75, 3.05) is 82.3 Å². The van der Waals surface area contributed by atoms with Crippen LogP contribution in [0.3, 0.4) is 0 Å². The summed E-state index contributed by atoms with van der Waals surface area (Å²) >= 11 is 4.60. The van der Waals surface area contributed by atoms with Gasteiger partial charge in [-0.15, -0.1) is 0 Å². The minimum Gasteiger partial charge on any atom is -0.496 e. The zero-order valence-electron chi connectivity index (χ0n) is 77.7. The van der Waals surface area contributed by atoms with Crippen molar-refractivity contribution >= 4 is 83.9 Å². The highest BCUT2D eigenvalue weighted by molar-refractivity contribution is 6.76. The van der Waals surface area contributed by atoms with Crippen molar-refractivity contribution < 1.29 is 89.3 Å². The molecule has 2 saturated heterocycles. The number of halogens is 1. The second-order valence-electron chi connectivity index (χ2n) is 34.4. The summed E-state index contributed by atoms with van der Waals surface area (Å²) in [7, 11) is 6.33. The van der Waals surface area contributed by atoms with Gasteiger partial charge in [0.2, 0.25) is 17.4 Å². The number of aryl methyl sites for hydroxylation is 3. The standard InChI is InChI=1S/C34H47N5O7Si.C32H45N5O5Si.C26H29N5O5.C2H3ClO2/c1-24-11-12-25-20-26(30(41-2)21-28(25)37-24)29-22-36-31(39(29)23-43-18-19-47(4,5)6)27(38-33(40)42-3)10-8-7-9-13-34(45-16-17-46-34)32-35-14-15-44-32;1-23-10-11-24-19-25(29(38-2)20-27(24)36-23)28-21-35-30(37(28)22-39-17-18-43(3,4)5)26(33)9-7-6-8-12-32(41-15-16-42-32)31-34-13-14-40-31;1-16-9-10-17-13-18(23(34-2)14-20(17)29-16)21-15-28-24(30-21)19(31-26(33)35-3)7-5-4-6-8-22(32)25-27-11-12-36-25;1-5-2(3)4/h11-12,14-15,20-22,27H,7-10,13,16-19,23H2,1-6H3,(H,38,40);10-11,13-14,19-21,26H,6-9,12,15-18,22,33H2,1-5H3;9-15,19H,4-8H2,1-3H3,(H,28,30)(H,31,33);1H3/t27-;26-;19-;/m000./s1. The van der Waals surface area contributed by atoms with E-state index in [1.54, 1.807) is 46.2 Å². The molecular weight excluding hydrogens is 1730 g/mol. The lowest BCUT2D eigenvalue weighted by molar-refractivity contribution is -0.187. The second-order valence-corrected chi connectivity index (χ2v) is 45.9. The predicted octanol–water partition coefficient (Wildman–Crippen LogP) is 19.7. The van der Waals surface area contributed by atoms with Crippen LogP contribution in [0.25, 0.3) is 66.5 Å². The number of H-pyrrole nitrogens is 1. The van der Waals surface area contributed by atoms with Crippen molar-refractivity contribution in [2.45, 2.75) is 212 Å². The van der Waals surface area contributed by atoms with Gasteiger partial charge in [0.25, 0.3) is 17.7 Å². The molecule has 704 valence electrons. The van der Waals surface area contributed by atoms with E-state index in [9.17, 15) is 19.2 Å². The highest BCUT2D eigenvalue weighted by Gasteiger charge is 2.44. The molecule has 2 aliphatic rings. The van der Waals surface area contributed by atoms with Gasteiger partial charge in [-0.1, -0.05) is 96.0 Å². The van der Waals surface area contributed by atoms with Crippen LogP contribution >= 0.6 is 11.6 Å². The average molecular weight is 1860 g/mol. The van der Waals surface area contributed by atoms with Crippen LogP contribution in [0.2, 0.25) is 51.4 Å². The third kappa shape index (κ3) is 28.1. The third-order valence-corrected chi connectivity index (χ3v) is 25.9. The smallest absolute Gasteiger partial charge is 0.407 e. The molecule has 9 aromatic heterocycles. The van der Waals surface area contributed by atoms with Gasteiger partial charge in [0, 0.05) is 128 Å². The largest absolute Gasteiger partial charge is 0.496 e. The summed E-state index contributed by atoms with van der Waals surface area (Å²) in [5.74, 6) is 3.32. The van der Waals surface area contributed by atoms with Crippen molar-refractivity contribution in [1.82, 2.24) is 69.6 Å². The van der Waals surface area contributed by atoms with Crippen LogP contribution in [0.15, 0.2) is 142 Å². The normalized spacial score (nSPS) is 14.1. The Hall–Kier alpha value is -11.3. The molecule has 0 saturated carbocycles. The molecule has 3 atom stereocenters. The summed E-state index contributed by atoms with van der Waals surface area (Å²) in [5.41, 5.74) is 16.6. The molecular formula is C94H124ClN15O19Si2. The average Bonchev–Trinajstić information content (AvgIpc) is 1.68. The Morgan fingerprint density at radius 3 is 1.35 bits per heavy atom. The van der Waals surface area contributed by atoms with Crippen LogP contribution in [0.5, 0.6) is 17.2 Å².